The molecule has 6 heteroatoms. The highest BCUT2D eigenvalue weighted by Crippen LogP contribution is 2.53. The minimum absolute atomic E-state index is 0.0401. The Kier molecular flexibility index (Phi) is 4.91. The van der Waals surface area contributed by atoms with Gasteiger partial charge in [0.1, 0.15) is 5.75 Å². The van der Waals surface area contributed by atoms with E-state index in [1.54, 1.807) is 7.11 Å². The van der Waals surface area contributed by atoms with E-state index in [4.69, 9.17) is 10.5 Å². The van der Waals surface area contributed by atoms with Crippen LogP contribution in [-0.4, -0.2) is 31.6 Å². The molecule has 0 radical (unpaired) electrons. The number of benzene rings is 1. The third-order valence-electron chi connectivity index (χ3n) is 5.64. The van der Waals surface area contributed by atoms with Gasteiger partial charge < -0.3 is 10.5 Å². The highest BCUT2D eigenvalue weighted by atomic mass is 16.5. The summed E-state index contributed by atoms with van der Waals surface area (Å²) in [6.45, 7) is 4.21. The lowest BCUT2D eigenvalue weighted by molar-refractivity contribution is 0.233. The Bertz CT molecular complexity index is 927. The largest absolute Gasteiger partial charge is 0.496 e. The maximum atomic E-state index is 9.91. The number of hydrogen-bond donors (Lipinski definition) is 1. The molecular formula is C21H21N5O. The first-order valence-electron chi connectivity index (χ1n) is 8.86. The molecule has 0 saturated carbocycles. The Labute approximate surface area is 159 Å². The van der Waals surface area contributed by atoms with Crippen molar-refractivity contribution in [2.75, 3.05) is 26.7 Å². The minimum atomic E-state index is -1.59. The van der Waals surface area contributed by atoms with Crippen LogP contribution in [-0.2, 0) is 0 Å². The fourth-order valence-electron chi connectivity index (χ4n) is 4.23. The topological polar surface area (TPSA) is 110 Å². The minimum Gasteiger partial charge on any atom is -0.496 e. The lowest BCUT2D eigenvalue weighted by atomic mass is 9.60. The lowest BCUT2D eigenvalue weighted by Gasteiger charge is -2.45. The van der Waals surface area contributed by atoms with Gasteiger partial charge in [0.15, 0.2) is 0 Å². The van der Waals surface area contributed by atoms with Crippen LogP contribution in [0.3, 0.4) is 0 Å². The number of methoxy groups -OCH3 is 1. The van der Waals surface area contributed by atoms with Crippen LogP contribution < -0.4 is 10.5 Å². The monoisotopic (exact) mass is 359 g/mol. The normalized spacial score (nSPS) is 24.0. The molecule has 136 valence electrons. The number of rotatable bonds is 3. The highest BCUT2D eigenvalue weighted by molar-refractivity contribution is 5.60. The SMILES string of the molecule is CCN1CC=C2C(C1)C(c1ccccc1OC)C(C#N)=C(N)C2(C#N)C#N. The number of nitrogens with zero attached hydrogens (tertiary/aromatic N) is 4. The molecule has 1 aliphatic heterocycles. The molecule has 6 nitrogen and oxygen atoms in total. The molecule has 1 aromatic carbocycles. The van der Waals surface area contributed by atoms with Crippen molar-refractivity contribution in [3.63, 3.8) is 0 Å². The standard InChI is InChI=1S/C21H21N5O/c1-3-26-9-8-17-16(11-26)19(14-6-4-5-7-18(14)27-2)15(10-22)20(25)21(17,12-23)13-24/h4-8,16,19H,3,9,11,25H2,1-2H3. The molecule has 2 N–H and O–H groups in total. The molecule has 1 aliphatic carbocycles. The van der Waals surface area contributed by atoms with Crippen LogP contribution in [0.4, 0.5) is 0 Å². The Morgan fingerprint density at radius 1 is 1.26 bits per heavy atom. The molecule has 0 bridgehead atoms. The average Bonchev–Trinajstić information content (AvgIpc) is 2.73. The number of fused-ring (bicyclic) bond motifs is 1. The second-order valence-electron chi connectivity index (χ2n) is 6.75. The summed E-state index contributed by atoms with van der Waals surface area (Å²) < 4.78 is 5.53. The number of allylic oxidation sites excluding steroid dienone is 2. The first-order chi connectivity index (χ1) is 13.1. The molecule has 0 aromatic heterocycles. The molecule has 1 heterocycles. The fourth-order valence-corrected chi connectivity index (χ4v) is 4.23. The van der Waals surface area contributed by atoms with Gasteiger partial charge in [0, 0.05) is 30.5 Å². The number of para-hydroxylation sites is 1. The van der Waals surface area contributed by atoms with Crippen LogP contribution in [0.15, 0.2) is 47.2 Å². The molecule has 27 heavy (non-hydrogen) atoms. The van der Waals surface area contributed by atoms with Gasteiger partial charge in [-0.2, -0.15) is 15.8 Å². The summed E-state index contributed by atoms with van der Waals surface area (Å²) >= 11 is 0. The van der Waals surface area contributed by atoms with Gasteiger partial charge in [-0.1, -0.05) is 31.2 Å². The molecule has 0 saturated heterocycles. The maximum absolute atomic E-state index is 9.91. The summed E-state index contributed by atoms with van der Waals surface area (Å²) in [7, 11) is 1.59. The van der Waals surface area contributed by atoms with E-state index in [-0.39, 0.29) is 23.1 Å². The summed E-state index contributed by atoms with van der Waals surface area (Å²) in [4.78, 5) is 2.23. The number of hydrogen-bond acceptors (Lipinski definition) is 6. The van der Waals surface area contributed by atoms with Crippen molar-refractivity contribution in [1.29, 1.82) is 15.8 Å². The van der Waals surface area contributed by atoms with Crippen molar-refractivity contribution in [3.05, 3.63) is 52.7 Å². The van der Waals surface area contributed by atoms with Gasteiger partial charge in [-0.25, -0.2) is 0 Å². The van der Waals surface area contributed by atoms with Crippen molar-refractivity contribution in [1.82, 2.24) is 4.90 Å². The van der Waals surface area contributed by atoms with E-state index >= 15 is 0 Å². The second-order valence-corrected chi connectivity index (χ2v) is 6.75. The Hall–Kier alpha value is -3.27. The first-order valence-corrected chi connectivity index (χ1v) is 8.86. The summed E-state index contributed by atoms with van der Waals surface area (Å²) in [5.74, 6) is 0.107. The Balaban J connectivity index is 2.33. The molecule has 0 amide bonds. The van der Waals surface area contributed by atoms with Crippen LogP contribution >= 0.6 is 0 Å². The van der Waals surface area contributed by atoms with Crippen molar-refractivity contribution < 1.29 is 4.74 Å². The first kappa shape index (κ1) is 18.5. The van der Waals surface area contributed by atoms with Crippen molar-refractivity contribution >= 4 is 0 Å². The van der Waals surface area contributed by atoms with Gasteiger partial charge >= 0.3 is 0 Å². The highest BCUT2D eigenvalue weighted by Gasteiger charge is 2.52. The smallest absolute Gasteiger partial charge is 0.204 e. The number of nitriles is 3. The molecular weight excluding hydrogens is 338 g/mol. The number of likely N-dealkylation sites (N-methyl/N-ethyl adjacent to an activating group) is 1. The second kappa shape index (κ2) is 7.16. The lowest BCUT2D eigenvalue weighted by Crippen LogP contribution is -2.47. The van der Waals surface area contributed by atoms with E-state index in [1.165, 1.54) is 0 Å². The molecule has 2 aliphatic rings. The van der Waals surface area contributed by atoms with Crippen LogP contribution in [0, 0.1) is 45.3 Å². The third-order valence-corrected chi connectivity index (χ3v) is 5.64. The zero-order chi connectivity index (χ0) is 19.6. The van der Waals surface area contributed by atoms with E-state index in [2.05, 4.69) is 30.0 Å². The van der Waals surface area contributed by atoms with E-state index in [0.29, 0.717) is 24.4 Å². The van der Waals surface area contributed by atoms with E-state index in [1.807, 2.05) is 30.3 Å². The zero-order valence-corrected chi connectivity index (χ0v) is 15.4. The zero-order valence-electron chi connectivity index (χ0n) is 15.4. The predicted molar refractivity (Wildman–Crippen MR) is 99.9 cm³/mol. The van der Waals surface area contributed by atoms with Crippen LogP contribution in [0.5, 0.6) is 5.75 Å². The predicted octanol–water partition coefficient (Wildman–Crippen LogP) is 2.44. The maximum Gasteiger partial charge on any atom is 0.204 e. The fraction of sp³-hybridized carbons (Fsp3) is 0.381. The van der Waals surface area contributed by atoms with Gasteiger partial charge in [0.2, 0.25) is 5.41 Å². The van der Waals surface area contributed by atoms with E-state index in [9.17, 15) is 15.8 Å². The van der Waals surface area contributed by atoms with Crippen molar-refractivity contribution in [2.24, 2.45) is 17.1 Å². The molecule has 2 atom stereocenters. The molecule has 2 unspecified atom stereocenters. The van der Waals surface area contributed by atoms with Gasteiger partial charge in [0.25, 0.3) is 0 Å². The van der Waals surface area contributed by atoms with Crippen molar-refractivity contribution in [2.45, 2.75) is 12.8 Å². The number of nitrogens with two attached hydrogens (primary N) is 1. The summed E-state index contributed by atoms with van der Waals surface area (Å²) in [6.07, 6.45) is 1.94. The number of ether oxygens (including phenoxy) is 1. The summed E-state index contributed by atoms with van der Waals surface area (Å²) in [6, 6.07) is 13.9. The van der Waals surface area contributed by atoms with Crippen LogP contribution in [0.25, 0.3) is 0 Å². The molecule has 1 aromatic rings. The van der Waals surface area contributed by atoms with Crippen molar-refractivity contribution in [3.8, 4) is 24.0 Å². The van der Waals surface area contributed by atoms with Gasteiger partial charge in [-0.15, -0.1) is 0 Å². The Morgan fingerprint density at radius 2 is 1.96 bits per heavy atom. The molecule has 0 fully saturated rings. The summed E-state index contributed by atoms with van der Waals surface area (Å²) in [5, 5.41) is 29.7. The van der Waals surface area contributed by atoms with E-state index < -0.39 is 5.41 Å². The van der Waals surface area contributed by atoms with E-state index in [0.717, 1.165) is 12.1 Å². The van der Waals surface area contributed by atoms with Gasteiger partial charge in [0.05, 0.1) is 36.6 Å². The average molecular weight is 359 g/mol. The van der Waals surface area contributed by atoms with Crippen LogP contribution in [0.1, 0.15) is 18.4 Å². The Morgan fingerprint density at radius 3 is 2.56 bits per heavy atom. The molecule has 3 rings (SSSR count). The van der Waals surface area contributed by atoms with Gasteiger partial charge in [-0.05, 0) is 18.2 Å². The third kappa shape index (κ3) is 2.65. The van der Waals surface area contributed by atoms with Crippen LogP contribution in [0.2, 0.25) is 0 Å². The summed E-state index contributed by atoms with van der Waals surface area (Å²) in [5.41, 5.74) is 6.58. The van der Waals surface area contributed by atoms with Gasteiger partial charge in [-0.3, -0.25) is 4.90 Å². The molecule has 0 spiro atoms. The quantitative estimate of drug-likeness (QED) is 0.830.